The normalized spacial score (nSPS) is 10.7. The molecular formula is C11H11BrN2S. The largest absolute Gasteiger partial charge is 0.183 e. The van der Waals surface area contributed by atoms with Crippen LogP contribution >= 0.6 is 27.3 Å². The third-order valence-electron chi connectivity index (χ3n) is 2.29. The zero-order valence-electron chi connectivity index (χ0n) is 8.84. The molecule has 0 unspecified atom stereocenters. The lowest BCUT2D eigenvalue weighted by Gasteiger charge is -2.07. The molecule has 1 aromatic carbocycles. The Morgan fingerprint density at radius 1 is 1.07 bits per heavy atom. The molecule has 78 valence electrons. The van der Waals surface area contributed by atoms with E-state index in [0.717, 1.165) is 8.92 Å². The van der Waals surface area contributed by atoms with Crippen molar-refractivity contribution in [2.75, 3.05) is 0 Å². The summed E-state index contributed by atoms with van der Waals surface area (Å²) in [5, 5.41) is 9.13. The maximum atomic E-state index is 4.16. The van der Waals surface area contributed by atoms with Crippen LogP contribution in [-0.4, -0.2) is 10.2 Å². The van der Waals surface area contributed by atoms with E-state index in [4.69, 9.17) is 0 Å². The molecule has 2 nitrogen and oxygen atoms in total. The van der Waals surface area contributed by atoms with Gasteiger partial charge < -0.3 is 0 Å². The molecule has 0 spiro atoms. The molecule has 0 aliphatic rings. The molecule has 0 saturated carbocycles. The molecule has 1 heterocycles. The molecule has 2 rings (SSSR count). The van der Waals surface area contributed by atoms with Crippen molar-refractivity contribution in [3.8, 4) is 10.6 Å². The van der Waals surface area contributed by atoms with E-state index in [1.165, 1.54) is 22.3 Å². The highest BCUT2D eigenvalue weighted by molar-refractivity contribution is 9.11. The van der Waals surface area contributed by atoms with Crippen molar-refractivity contribution in [2.24, 2.45) is 0 Å². The Morgan fingerprint density at radius 2 is 1.67 bits per heavy atom. The predicted octanol–water partition coefficient (Wildman–Crippen LogP) is 3.89. The average molecular weight is 283 g/mol. The first-order valence-electron chi connectivity index (χ1n) is 4.65. The number of rotatable bonds is 1. The Kier molecular flexibility index (Phi) is 2.89. The van der Waals surface area contributed by atoms with Gasteiger partial charge in [0.1, 0.15) is 5.01 Å². The van der Waals surface area contributed by atoms with Gasteiger partial charge in [-0.25, -0.2) is 0 Å². The first kappa shape index (κ1) is 10.8. The van der Waals surface area contributed by atoms with E-state index < -0.39 is 0 Å². The molecule has 2 aromatic rings. The first-order valence-corrected chi connectivity index (χ1v) is 6.26. The summed E-state index contributed by atoms with van der Waals surface area (Å²) in [6, 6.07) is 4.36. The van der Waals surface area contributed by atoms with Gasteiger partial charge in [0, 0.05) is 5.56 Å². The van der Waals surface area contributed by atoms with Crippen LogP contribution in [0.4, 0.5) is 0 Å². The molecule has 0 amide bonds. The fourth-order valence-corrected chi connectivity index (χ4v) is 3.11. The third kappa shape index (κ3) is 2.11. The highest BCUT2D eigenvalue weighted by Gasteiger charge is 2.10. The Balaban J connectivity index is 2.62. The lowest BCUT2D eigenvalue weighted by atomic mass is 10.0. The van der Waals surface area contributed by atoms with Gasteiger partial charge in [0.05, 0.1) is 0 Å². The topological polar surface area (TPSA) is 25.8 Å². The van der Waals surface area contributed by atoms with Gasteiger partial charge in [-0.2, -0.15) is 0 Å². The molecule has 1 aromatic heterocycles. The molecule has 0 aliphatic carbocycles. The lowest BCUT2D eigenvalue weighted by molar-refractivity contribution is 1.07. The van der Waals surface area contributed by atoms with Crippen LogP contribution in [0.1, 0.15) is 16.7 Å². The summed E-state index contributed by atoms with van der Waals surface area (Å²) in [6.45, 7) is 6.34. The summed E-state index contributed by atoms with van der Waals surface area (Å²) in [5.74, 6) is 0. The van der Waals surface area contributed by atoms with Gasteiger partial charge >= 0.3 is 0 Å². The molecule has 0 aliphatic heterocycles. The standard InChI is InChI=1S/C11H11BrN2S/c1-6-4-7(2)9(8(3)5-6)10-13-14-11(12)15-10/h4-5H,1-3H3. The second-order valence-electron chi connectivity index (χ2n) is 3.63. The fourth-order valence-electron chi connectivity index (χ4n) is 1.82. The lowest BCUT2D eigenvalue weighted by Crippen LogP contribution is -1.89. The second-order valence-corrected chi connectivity index (χ2v) is 5.89. The number of halogens is 1. The van der Waals surface area contributed by atoms with Crippen LogP contribution < -0.4 is 0 Å². The summed E-state index contributed by atoms with van der Waals surface area (Å²) in [7, 11) is 0. The summed E-state index contributed by atoms with van der Waals surface area (Å²) in [6.07, 6.45) is 0. The van der Waals surface area contributed by atoms with Crippen molar-refractivity contribution in [1.82, 2.24) is 10.2 Å². The van der Waals surface area contributed by atoms with E-state index >= 15 is 0 Å². The van der Waals surface area contributed by atoms with E-state index in [2.05, 4.69) is 59.0 Å². The Morgan fingerprint density at radius 3 is 2.13 bits per heavy atom. The number of aromatic nitrogens is 2. The van der Waals surface area contributed by atoms with E-state index in [-0.39, 0.29) is 0 Å². The van der Waals surface area contributed by atoms with Crippen LogP contribution in [0.3, 0.4) is 0 Å². The zero-order chi connectivity index (χ0) is 11.0. The fraction of sp³-hybridized carbons (Fsp3) is 0.273. The maximum Gasteiger partial charge on any atom is 0.183 e. The molecule has 0 saturated heterocycles. The Labute approximate surface area is 101 Å². The first-order chi connectivity index (χ1) is 7.08. The van der Waals surface area contributed by atoms with E-state index in [9.17, 15) is 0 Å². The zero-order valence-corrected chi connectivity index (χ0v) is 11.2. The van der Waals surface area contributed by atoms with E-state index in [1.54, 1.807) is 11.3 Å². The van der Waals surface area contributed by atoms with Crippen LogP contribution in [-0.2, 0) is 0 Å². The second kappa shape index (κ2) is 4.02. The monoisotopic (exact) mass is 282 g/mol. The summed E-state index contributed by atoms with van der Waals surface area (Å²) in [5.41, 5.74) is 5.02. The number of nitrogens with zero attached hydrogens (tertiary/aromatic N) is 2. The minimum absolute atomic E-state index is 0.830. The van der Waals surface area contributed by atoms with Crippen molar-refractivity contribution >= 4 is 27.3 Å². The summed E-state index contributed by atoms with van der Waals surface area (Å²) < 4.78 is 0.830. The van der Waals surface area contributed by atoms with Crippen molar-refractivity contribution in [2.45, 2.75) is 20.8 Å². The molecule has 0 bridgehead atoms. The average Bonchev–Trinajstić information content (AvgIpc) is 2.49. The smallest absolute Gasteiger partial charge is 0.137 e. The van der Waals surface area contributed by atoms with Gasteiger partial charge in [0.2, 0.25) is 0 Å². The van der Waals surface area contributed by atoms with Gasteiger partial charge in [0.25, 0.3) is 0 Å². The van der Waals surface area contributed by atoms with E-state index in [0.29, 0.717) is 0 Å². The van der Waals surface area contributed by atoms with Crippen molar-refractivity contribution in [1.29, 1.82) is 0 Å². The summed E-state index contributed by atoms with van der Waals surface area (Å²) >= 11 is 4.91. The SMILES string of the molecule is Cc1cc(C)c(-c2nnc(Br)s2)c(C)c1. The van der Waals surface area contributed by atoms with Gasteiger partial charge in [-0.15, -0.1) is 10.2 Å². The molecule has 0 atom stereocenters. The molecule has 4 heteroatoms. The van der Waals surface area contributed by atoms with Crippen LogP contribution in [0.2, 0.25) is 0 Å². The predicted molar refractivity (Wildman–Crippen MR) is 67.3 cm³/mol. The molecule has 0 radical (unpaired) electrons. The van der Waals surface area contributed by atoms with Crippen molar-refractivity contribution < 1.29 is 0 Å². The minimum Gasteiger partial charge on any atom is -0.137 e. The number of hydrogen-bond acceptors (Lipinski definition) is 3. The number of hydrogen-bond donors (Lipinski definition) is 0. The van der Waals surface area contributed by atoms with Gasteiger partial charge in [-0.3, -0.25) is 0 Å². The van der Waals surface area contributed by atoms with Crippen LogP contribution in [0.25, 0.3) is 10.6 Å². The van der Waals surface area contributed by atoms with Crippen molar-refractivity contribution in [3.05, 3.63) is 32.7 Å². The van der Waals surface area contributed by atoms with Crippen LogP contribution in [0.5, 0.6) is 0 Å². The highest BCUT2D eigenvalue weighted by atomic mass is 79.9. The molecular weight excluding hydrogens is 272 g/mol. The number of benzene rings is 1. The quantitative estimate of drug-likeness (QED) is 0.793. The van der Waals surface area contributed by atoms with Gasteiger partial charge in [-0.1, -0.05) is 29.0 Å². The highest BCUT2D eigenvalue weighted by Crippen LogP contribution is 2.32. The maximum absolute atomic E-state index is 4.16. The Bertz CT molecular complexity index is 482. The van der Waals surface area contributed by atoms with Gasteiger partial charge in [-0.05, 0) is 47.8 Å². The van der Waals surface area contributed by atoms with E-state index in [1.807, 2.05) is 0 Å². The Hall–Kier alpha value is -0.740. The van der Waals surface area contributed by atoms with Gasteiger partial charge in [0.15, 0.2) is 3.92 Å². The minimum atomic E-state index is 0.830. The third-order valence-corrected chi connectivity index (χ3v) is 3.66. The summed E-state index contributed by atoms with van der Waals surface area (Å²) in [4.78, 5) is 0. The molecule has 0 N–H and O–H groups in total. The van der Waals surface area contributed by atoms with Crippen LogP contribution in [0.15, 0.2) is 16.0 Å². The number of aryl methyl sites for hydroxylation is 3. The molecule has 0 fully saturated rings. The van der Waals surface area contributed by atoms with Crippen LogP contribution in [0, 0.1) is 20.8 Å². The van der Waals surface area contributed by atoms with Crippen molar-refractivity contribution in [3.63, 3.8) is 0 Å². The molecule has 15 heavy (non-hydrogen) atoms.